The molecule has 1 fully saturated rings. The number of esters is 1. The fraction of sp³-hybridized carbons (Fsp3) is 0.229. The van der Waals surface area contributed by atoms with Crippen molar-refractivity contribution in [3.8, 4) is 0 Å². The second kappa shape index (κ2) is 9.67. The molecule has 2 spiro atoms. The summed E-state index contributed by atoms with van der Waals surface area (Å²) >= 11 is 0. The van der Waals surface area contributed by atoms with E-state index in [1.165, 1.54) is 0 Å². The van der Waals surface area contributed by atoms with E-state index < -0.39 is 28.9 Å². The maximum atomic E-state index is 15.4. The van der Waals surface area contributed by atoms with Crippen LogP contribution in [0, 0.1) is 5.92 Å². The fourth-order valence-electron chi connectivity index (χ4n) is 7.54. The zero-order valence-corrected chi connectivity index (χ0v) is 23.5. The molecule has 3 aliphatic rings. The zero-order chi connectivity index (χ0) is 29.1. The Kier molecular flexibility index (Phi) is 6.02. The van der Waals surface area contributed by atoms with E-state index in [1.54, 1.807) is 23.8 Å². The van der Waals surface area contributed by atoms with E-state index in [4.69, 9.17) is 4.74 Å². The normalized spacial score (nSPS) is 25.8. The van der Waals surface area contributed by atoms with Crippen molar-refractivity contribution >= 4 is 29.2 Å². The lowest BCUT2D eigenvalue weighted by Gasteiger charge is -2.40. The summed E-state index contributed by atoms with van der Waals surface area (Å²) in [4.78, 5) is 47.9. The third kappa shape index (κ3) is 3.28. The number of fused-ring (bicyclic) bond motifs is 5. The molecule has 2 amide bonds. The van der Waals surface area contributed by atoms with Gasteiger partial charge in [0.15, 0.2) is 0 Å². The number of amides is 2. The molecule has 0 saturated carbocycles. The van der Waals surface area contributed by atoms with E-state index in [1.807, 2.05) is 109 Å². The smallest absolute Gasteiger partial charge is 0.312 e. The molecule has 0 aromatic heterocycles. The Hall–Kier alpha value is -4.75. The van der Waals surface area contributed by atoms with Crippen molar-refractivity contribution < 1.29 is 19.1 Å². The first-order valence-corrected chi connectivity index (χ1v) is 14.3. The van der Waals surface area contributed by atoms with Crippen LogP contribution in [-0.2, 0) is 36.6 Å². The van der Waals surface area contributed by atoms with Crippen LogP contribution >= 0.6 is 0 Å². The van der Waals surface area contributed by atoms with E-state index in [0.717, 1.165) is 11.1 Å². The molecule has 4 atom stereocenters. The number of para-hydroxylation sites is 2. The predicted octanol–water partition coefficient (Wildman–Crippen LogP) is 4.87. The molecule has 7 heteroatoms. The molecule has 0 radical (unpaired) electrons. The predicted molar refractivity (Wildman–Crippen MR) is 160 cm³/mol. The molecule has 210 valence electrons. The van der Waals surface area contributed by atoms with Crippen LogP contribution in [0.2, 0.25) is 0 Å². The highest BCUT2D eigenvalue weighted by Crippen LogP contribution is 2.66. The second-order valence-corrected chi connectivity index (χ2v) is 11.1. The number of carbonyl (C=O) groups excluding carboxylic acids is 3. The minimum absolute atomic E-state index is 0.147. The van der Waals surface area contributed by atoms with Crippen molar-refractivity contribution in [1.82, 2.24) is 5.32 Å². The fourth-order valence-corrected chi connectivity index (χ4v) is 7.54. The molecule has 0 bridgehead atoms. The van der Waals surface area contributed by atoms with Gasteiger partial charge in [-0.15, -0.1) is 0 Å². The number of likely N-dealkylation sites (N-methyl/N-ethyl adjacent to an activating group) is 1. The molecular weight excluding hydrogens is 526 g/mol. The van der Waals surface area contributed by atoms with Gasteiger partial charge in [-0.3, -0.25) is 19.7 Å². The van der Waals surface area contributed by atoms with E-state index in [2.05, 4.69) is 5.32 Å². The average Bonchev–Trinajstić information content (AvgIpc) is 3.57. The molecule has 4 aromatic carbocycles. The van der Waals surface area contributed by atoms with Gasteiger partial charge in [-0.2, -0.15) is 0 Å². The van der Waals surface area contributed by atoms with Crippen molar-refractivity contribution in [3.05, 3.63) is 131 Å². The molecule has 3 aliphatic heterocycles. The van der Waals surface area contributed by atoms with Gasteiger partial charge < -0.3 is 14.5 Å². The van der Waals surface area contributed by atoms with Gasteiger partial charge in [-0.25, -0.2) is 0 Å². The van der Waals surface area contributed by atoms with E-state index in [0.29, 0.717) is 29.0 Å². The Morgan fingerprint density at radius 1 is 0.786 bits per heavy atom. The summed E-state index contributed by atoms with van der Waals surface area (Å²) in [5, 5.41) is 3.66. The van der Waals surface area contributed by atoms with Crippen LogP contribution in [0.4, 0.5) is 11.4 Å². The van der Waals surface area contributed by atoms with Crippen molar-refractivity contribution in [2.24, 2.45) is 5.92 Å². The molecular formula is C35H31N3O4. The van der Waals surface area contributed by atoms with Gasteiger partial charge in [0.05, 0.1) is 19.1 Å². The summed E-state index contributed by atoms with van der Waals surface area (Å²) in [6.45, 7) is 2.20. The zero-order valence-electron chi connectivity index (χ0n) is 23.5. The van der Waals surface area contributed by atoms with E-state index in [-0.39, 0.29) is 18.4 Å². The lowest BCUT2D eigenvalue weighted by atomic mass is 9.58. The second-order valence-electron chi connectivity index (χ2n) is 11.1. The minimum atomic E-state index is -1.62. The topological polar surface area (TPSA) is 79.0 Å². The summed E-state index contributed by atoms with van der Waals surface area (Å²) in [6, 6.07) is 33.8. The van der Waals surface area contributed by atoms with Crippen LogP contribution in [0.3, 0.4) is 0 Å². The monoisotopic (exact) mass is 557 g/mol. The van der Waals surface area contributed by atoms with Gasteiger partial charge in [0.25, 0.3) is 5.91 Å². The summed E-state index contributed by atoms with van der Waals surface area (Å²) in [7, 11) is 1.73. The Balaban J connectivity index is 1.57. The third-order valence-electron chi connectivity index (χ3n) is 9.14. The summed E-state index contributed by atoms with van der Waals surface area (Å²) in [5.74, 6) is -2.12. The molecule has 42 heavy (non-hydrogen) atoms. The Labute approximate surface area is 244 Å². The van der Waals surface area contributed by atoms with Gasteiger partial charge in [-0.05, 0) is 35.7 Å². The quantitative estimate of drug-likeness (QED) is 0.355. The summed E-state index contributed by atoms with van der Waals surface area (Å²) < 4.78 is 5.76. The first-order valence-electron chi connectivity index (χ1n) is 14.3. The van der Waals surface area contributed by atoms with Gasteiger partial charge in [0.2, 0.25) is 5.91 Å². The first-order chi connectivity index (χ1) is 20.5. The van der Waals surface area contributed by atoms with Crippen molar-refractivity contribution in [1.29, 1.82) is 0 Å². The summed E-state index contributed by atoms with van der Waals surface area (Å²) in [5.41, 5.74) is 1.28. The van der Waals surface area contributed by atoms with Gasteiger partial charge in [0, 0.05) is 30.0 Å². The van der Waals surface area contributed by atoms with Crippen LogP contribution in [0.1, 0.15) is 35.2 Å². The maximum Gasteiger partial charge on any atom is 0.312 e. The first kappa shape index (κ1) is 26.2. The number of carbonyl (C=O) groups is 3. The lowest BCUT2D eigenvalue weighted by Crippen LogP contribution is -2.63. The number of ether oxygens (including phenoxy) is 1. The standard InChI is InChI=1S/C35H31N3O4/c1-3-42-31(39)29-30(24-16-8-5-9-17-24)36-35(26-19-11-12-20-27(26)37(2)33(35)41)34(29)25-18-10-13-21-28(25)38(32(34)40)22-23-14-6-4-7-15-23/h4-21,29-30,36H,3,22H2,1-2H3/t29-,30+,34+,35+/m0/s1. The molecule has 0 unspecified atom stereocenters. The van der Waals surface area contributed by atoms with Crippen LogP contribution < -0.4 is 15.1 Å². The van der Waals surface area contributed by atoms with Crippen LogP contribution in [0.25, 0.3) is 0 Å². The highest BCUT2D eigenvalue weighted by Gasteiger charge is 2.80. The Morgan fingerprint density at radius 2 is 1.38 bits per heavy atom. The van der Waals surface area contributed by atoms with Crippen molar-refractivity contribution in [2.45, 2.75) is 30.5 Å². The molecule has 1 N–H and O–H groups in total. The summed E-state index contributed by atoms with van der Waals surface area (Å²) in [6.07, 6.45) is 0. The van der Waals surface area contributed by atoms with Gasteiger partial charge in [-0.1, -0.05) is 97.1 Å². The SMILES string of the molecule is CCOC(=O)[C@@H]1[C@@H](c2ccccc2)N[C@]2(C(=O)N(C)c3ccccc32)[C@@]12C(=O)N(Cc1ccccc1)c1ccccc12. The minimum Gasteiger partial charge on any atom is -0.466 e. The number of nitrogens with one attached hydrogen (secondary N) is 1. The lowest BCUT2D eigenvalue weighted by molar-refractivity contribution is -0.154. The number of nitrogens with zero attached hydrogens (tertiary/aromatic N) is 2. The van der Waals surface area contributed by atoms with Gasteiger partial charge in [0.1, 0.15) is 11.0 Å². The van der Waals surface area contributed by atoms with Crippen molar-refractivity contribution in [2.75, 3.05) is 23.5 Å². The highest BCUT2D eigenvalue weighted by molar-refractivity contribution is 6.20. The number of anilines is 2. The number of rotatable bonds is 5. The Morgan fingerprint density at radius 3 is 2.07 bits per heavy atom. The molecule has 7 nitrogen and oxygen atoms in total. The van der Waals surface area contributed by atoms with Crippen LogP contribution in [-0.4, -0.2) is 31.4 Å². The maximum absolute atomic E-state index is 15.4. The molecule has 1 saturated heterocycles. The molecule has 0 aliphatic carbocycles. The third-order valence-corrected chi connectivity index (χ3v) is 9.14. The molecule has 3 heterocycles. The highest BCUT2D eigenvalue weighted by atomic mass is 16.5. The molecule has 7 rings (SSSR count). The average molecular weight is 558 g/mol. The number of benzene rings is 4. The number of hydrogen-bond donors (Lipinski definition) is 1. The van der Waals surface area contributed by atoms with E-state index in [9.17, 15) is 9.59 Å². The van der Waals surface area contributed by atoms with E-state index >= 15 is 4.79 Å². The van der Waals surface area contributed by atoms with Crippen LogP contribution in [0.5, 0.6) is 0 Å². The van der Waals surface area contributed by atoms with Crippen LogP contribution in [0.15, 0.2) is 109 Å². The largest absolute Gasteiger partial charge is 0.466 e. The molecule has 4 aromatic rings. The van der Waals surface area contributed by atoms with Gasteiger partial charge >= 0.3 is 5.97 Å². The number of hydrogen-bond acceptors (Lipinski definition) is 5. The van der Waals surface area contributed by atoms with Crippen molar-refractivity contribution in [3.63, 3.8) is 0 Å². The Bertz CT molecular complexity index is 1710.